The molecule has 0 unspecified atom stereocenters. The van der Waals surface area contributed by atoms with Gasteiger partial charge in [0, 0.05) is 23.0 Å². The second-order valence-corrected chi connectivity index (χ2v) is 4.47. The van der Waals surface area contributed by atoms with Gasteiger partial charge in [0.2, 0.25) is 0 Å². The first-order chi connectivity index (χ1) is 8.24. The summed E-state index contributed by atoms with van der Waals surface area (Å²) in [5.41, 5.74) is 4.19. The smallest absolute Gasteiger partial charge is 0.0945 e. The maximum absolute atomic E-state index is 5.90. The van der Waals surface area contributed by atoms with Crippen LogP contribution in [-0.4, -0.2) is 9.38 Å². The molecule has 2 aromatic heterocycles. The van der Waals surface area contributed by atoms with E-state index < -0.39 is 0 Å². The maximum Gasteiger partial charge on any atom is 0.0945 e. The van der Waals surface area contributed by atoms with E-state index in [0.717, 1.165) is 27.5 Å². The standard InChI is InChI=1S/C14H11ClN2/c1-10-9-17-8-2-3-13(17)14(16-10)11-4-6-12(15)7-5-11/h2-9H,1H3. The van der Waals surface area contributed by atoms with E-state index in [-0.39, 0.29) is 0 Å². The Balaban J connectivity index is 2.28. The molecule has 0 radical (unpaired) electrons. The van der Waals surface area contributed by atoms with Gasteiger partial charge >= 0.3 is 0 Å². The number of aromatic nitrogens is 2. The van der Waals surface area contributed by atoms with Crippen LogP contribution < -0.4 is 0 Å². The van der Waals surface area contributed by atoms with Crippen molar-refractivity contribution in [2.75, 3.05) is 0 Å². The van der Waals surface area contributed by atoms with E-state index in [1.54, 1.807) is 0 Å². The highest BCUT2D eigenvalue weighted by Gasteiger charge is 2.06. The molecule has 2 heterocycles. The van der Waals surface area contributed by atoms with Crippen LogP contribution in [0.25, 0.3) is 16.8 Å². The van der Waals surface area contributed by atoms with Crippen molar-refractivity contribution in [2.45, 2.75) is 6.92 Å². The molecule has 3 aromatic rings. The molecule has 0 amide bonds. The van der Waals surface area contributed by atoms with E-state index in [4.69, 9.17) is 11.6 Å². The van der Waals surface area contributed by atoms with E-state index in [9.17, 15) is 0 Å². The molecular formula is C14H11ClN2. The summed E-state index contributed by atoms with van der Waals surface area (Å²) in [4.78, 5) is 4.61. The highest BCUT2D eigenvalue weighted by atomic mass is 35.5. The number of nitrogens with zero attached hydrogens (tertiary/aromatic N) is 2. The third kappa shape index (κ3) is 1.81. The molecule has 84 valence electrons. The molecule has 17 heavy (non-hydrogen) atoms. The van der Waals surface area contributed by atoms with E-state index in [0.29, 0.717) is 0 Å². The lowest BCUT2D eigenvalue weighted by molar-refractivity contribution is 1.08. The highest BCUT2D eigenvalue weighted by molar-refractivity contribution is 6.30. The topological polar surface area (TPSA) is 17.3 Å². The average molecular weight is 243 g/mol. The minimum Gasteiger partial charge on any atom is -0.320 e. The molecule has 0 aliphatic carbocycles. The van der Waals surface area contributed by atoms with Gasteiger partial charge in [0.05, 0.1) is 16.9 Å². The minimum absolute atomic E-state index is 0.743. The first kappa shape index (κ1) is 10.4. The number of rotatable bonds is 1. The SMILES string of the molecule is Cc1cn2cccc2c(-c2ccc(Cl)cc2)n1. The second-order valence-electron chi connectivity index (χ2n) is 4.04. The number of halogens is 1. The molecule has 0 atom stereocenters. The summed E-state index contributed by atoms with van der Waals surface area (Å²) in [5.74, 6) is 0. The van der Waals surface area contributed by atoms with Gasteiger partial charge < -0.3 is 4.40 Å². The van der Waals surface area contributed by atoms with Crippen molar-refractivity contribution in [1.29, 1.82) is 0 Å². The van der Waals surface area contributed by atoms with Gasteiger partial charge in [-0.3, -0.25) is 0 Å². The van der Waals surface area contributed by atoms with Crippen molar-refractivity contribution in [1.82, 2.24) is 9.38 Å². The molecule has 3 rings (SSSR count). The Labute approximate surface area is 104 Å². The second kappa shape index (κ2) is 3.90. The van der Waals surface area contributed by atoms with Gasteiger partial charge in [0.1, 0.15) is 0 Å². The Kier molecular flexibility index (Phi) is 2.37. The van der Waals surface area contributed by atoms with Crippen LogP contribution in [0.1, 0.15) is 5.69 Å². The maximum atomic E-state index is 5.90. The fraction of sp³-hybridized carbons (Fsp3) is 0.0714. The summed E-state index contributed by atoms with van der Waals surface area (Å²) in [6.45, 7) is 2.00. The van der Waals surface area contributed by atoms with E-state index in [1.165, 1.54) is 0 Å². The molecule has 1 aromatic carbocycles. The lowest BCUT2D eigenvalue weighted by atomic mass is 10.1. The van der Waals surface area contributed by atoms with Gasteiger partial charge in [-0.15, -0.1) is 0 Å². The molecular weight excluding hydrogens is 232 g/mol. The van der Waals surface area contributed by atoms with Crippen LogP contribution >= 0.6 is 11.6 Å². The fourth-order valence-corrected chi connectivity index (χ4v) is 2.12. The molecule has 0 fully saturated rings. The zero-order chi connectivity index (χ0) is 11.8. The lowest BCUT2D eigenvalue weighted by Gasteiger charge is -2.06. The van der Waals surface area contributed by atoms with Crippen LogP contribution in [0.2, 0.25) is 5.02 Å². The van der Waals surface area contributed by atoms with E-state index in [2.05, 4.69) is 15.5 Å². The average Bonchev–Trinajstić information content (AvgIpc) is 2.77. The molecule has 3 heteroatoms. The Morgan fingerprint density at radius 2 is 1.88 bits per heavy atom. The summed E-state index contributed by atoms with van der Waals surface area (Å²) in [5, 5.41) is 0.743. The third-order valence-corrected chi connectivity index (χ3v) is 3.01. The van der Waals surface area contributed by atoms with Gasteiger partial charge in [0.15, 0.2) is 0 Å². The first-order valence-corrected chi connectivity index (χ1v) is 5.82. The van der Waals surface area contributed by atoms with Crippen molar-refractivity contribution >= 4 is 17.1 Å². The third-order valence-electron chi connectivity index (χ3n) is 2.75. The normalized spacial score (nSPS) is 10.9. The van der Waals surface area contributed by atoms with Crippen molar-refractivity contribution in [3.05, 3.63) is 59.5 Å². The lowest BCUT2D eigenvalue weighted by Crippen LogP contribution is -1.93. The van der Waals surface area contributed by atoms with E-state index >= 15 is 0 Å². The molecule has 0 aliphatic heterocycles. The summed E-state index contributed by atoms with van der Waals surface area (Å²) < 4.78 is 2.09. The number of aryl methyl sites for hydroxylation is 1. The van der Waals surface area contributed by atoms with Gasteiger partial charge in [-0.25, -0.2) is 4.98 Å². The van der Waals surface area contributed by atoms with Gasteiger partial charge in [-0.1, -0.05) is 23.7 Å². The summed E-state index contributed by atoms with van der Waals surface area (Å²) in [6.07, 6.45) is 4.05. The van der Waals surface area contributed by atoms with Crippen molar-refractivity contribution in [3.8, 4) is 11.3 Å². The van der Waals surface area contributed by atoms with Crippen LogP contribution in [0.15, 0.2) is 48.8 Å². The Morgan fingerprint density at radius 3 is 2.65 bits per heavy atom. The quantitative estimate of drug-likeness (QED) is 0.631. The predicted molar refractivity (Wildman–Crippen MR) is 70.4 cm³/mol. The largest absolute Gasteiger partial charge is 0.320 e. The number of benzene rings is 1. The monoisotopic (exact) mass is 242 g/mol. The molecule has 0 saturated heterocycles. The molecule has 0 saturated carbocycles. The zero-order valence-electron chi connectivity index (χ0n) is 9.39. The molecule has 0 aliphatic rings. The Morgan fingerprint density at radius 1 is 1.12 bits per heavy atom. The van der Waals surface area contributed by atoms with Crippen molar-refractivity contribution in [2.24, 2.45) is 0 Å². The summed E-state index contributed by atoms with van der Waals surface area (Å²) in [6, 6.07) is 11.9. The van der Waals surface area contributed by atoms with Crippen LogP contribution in [0, 0.1) is 6.92 Å². The molecule has 0 spiro atoms. The number of hydrogen-bond acceptors (Lipinski definition) is 1. The van der Waals surface area contributed by atoms with Crippen molar-refractivity contribution in [3.63, 3.8) is 0 Å². The molecule has 2 nitrogen and oxygen atoms in total. The summed E-state index contributed by atoms with van der Waals surface area (Å²) in [7, 11) is 0. The number of fused-ring (bicyclic) bond motifs is 1. The molecule has 0 N–H and O–H groups in total. The van der Waals surface area contributed by atoms with Crippen LogP contribution in [0.5, 0.6) is 0 Å². The zero-order valence-corrected chi connectivity index (χ0v) is 10.1. The van der Waals surface area contributed by atoms with Crippen LogP contribution in [0.3, 0.4) is 0 Å². The number of hydrogen-bond donors (Lipinski definition) is 0. The summed E-state index contributed by atoms with van der Waals surface area (Å²) >= 11 is 5.90. The Hall–Kier alpha value is -1.80. The van der Waals surface area contributed by atoms with Gasteiger partial charge in [0.25, 0.3) is 0 Å². The van der Waals surface area contributed by atoms with Gasteiger partial charge in [-0.05, 0) is 31.2 Å². The minimum atomic E-state index is 0.743. The van der Waals surface area contributed by atoms with Crippen LogP contribution in [-0.2, 0) is 0 Å². The first-order valence-electron chi connectivity index (χ1n) is 5.44. The Bertz CT molecular complexity index is 668. The predicted octanol–water partition coefficient (Wildman–Crippen LogP) is 3.96. The van der Waals surface area contributed by atoms with Crippen molar-refractivity contribution < 1.29 is 0 Å². The van der Waals surface area contributed by atoms with Crippen LogP contribution in [0.4, 0.5) is 0 Å². The van der Waals surface area contributed by atoms with Gasteiger partial charge in [-0.2, -0.15) is 0 Å². The highest BCUT2D eigenvalue weighted by Crippen LogP contribution is 2.24. The fourth-order valence-electron chi connectivity index (χ4n) is 1.99. The van der Waals surface area contributed by atoms with E-state index in [1.807, 2.05) is 49.6 Å². The molecule has 0 bridgehead atoms.